The van der Waals surface area contributed by atoms with Gasteiger partial charge in [-0.1, -0.05) is 6.92 Å². The van der Waals surface area contributed by atoms with Gasteiger partial charge in [0.25, 0.3) is 0 Å². The number of piperidine rings is 1. The SMILES string of the molecule is CC1(CO)CCNC(=C=O)C1(F)F.O. The lowest BCUT2D eigenvalue weighted by Gasteiger charge is -2.40. The van der Waals surface area contributed by atoms with Gasteiger partial charge in [0.2, 0.25) is 0 Å². The molecule has 14 heavy (non-hydrogen) atoms. The van der Waals surface area contributed by atoms with E-state index in [2.05, 4.69) is 5.32 Å². The van der Waals surface area contributed by atoms with Crippen LogP contribution < -0.4 is 5.32 Å². The van der Waals surface area contributed by atoms with Crippen LogP contribution in [-0.2, 0) is 4.79 Å². The van der Waals surface area contributed by atoms with Gasteiger partial charge in [0.05, 0.1) is 12.0 Å². The summed E-state index contributed by atoms with van der Waals surface area (Å²) in [5, 5.41) is 11.1. The first-order valence-electron chi connectivity index (χ1n) is 3.96. The van der Waals surface area contributed by atoms with E-state index in [1.807, 2.05) is 0 Å². The van der Waals surface area contributed by atoms with Crippen LogP contribution in [0.4, 0.5) is 8.78 Å². The molecule has 1 saturated heterocycles. The molecule has 1 rings (SSSR count). The standard InChI is InChI=1S/C8H11F2NO2.H2O/c1-7(5-13)2-3-11-6(4-12)8(7,9)10;/h11,13H,2-3,5H2,1H3;1H2. The Morgan fingerprint density at radius 3 is 2.64 bits per heavy atom. The van der Waals surface area contributed by atoms with E-state index in [1.165, 1.54) is 12.9 Å². The van der Waals surface area contributed by atoms with Crippen LogP contribution in [-0.4, -0.2) is 35.6 Å². The number of hydrogen-bond donors (Lipinski definition) is 2. The minimum Gasteiger partial charge on any atom is -0.412 e. The van der Waals surface area contributed by atoms with Crippen LogP contribution in [0, 0.1) is 5.41 Å². The average molecular weight is 209 g/mol. The van der Waals surface area contributed by atoms with Crippen molar-refractivity contribution in [3.63, 3.8) is 0 Å². The predicted molar refractivity (Wildman–Crippen MR) is 45.6 cm³/mol. The predicted octanol–water partition coefficient (Wildman–Crippen LogP) is -0.496. The molecule has 4 nitrogen and oxygen atoms in total. The second-order valence-corrected chi connectivity index (χ2v) is 3.45. The molecule has 4 N–H and O–H groups in total. The van der Waals surface area contributed by atoms with Gasteiger partial charge in [-0.15, -0.1) is 0 Å². The summed E-state index contributed by atoms with van der Waals surface area (Å²) in [4.78, 5) is 10.2. The molecule has 0 aromatic heterocycles. The Morgan fingerprint density at radius 2 is 2.21 bits per heavy atom. The van der Waals surface area contributed by atoms with Gasteiger partial charge in [-0.25, -0.2) is 4.79 Å². The smallest absolute Gasteiger partial charge is 0.305 e. The van der Waals surface area contributed by atoms with Crippen LogP contribution in [0.1, 0.15) is 13.3 Å². The molecule has 0 aromatic carbocycles. The number of rotatable bonds is 1. The first kappa shape index (κ1) is 13.0. The third-order valence-electron chi connectivity index (χ3n) is 2.50. The zero-order valence-corrected chi connectivity index (χ0v) is 7.73. The van der Waals surface area contributed by atoms with E-state index < -0.39 is 23.6 Å². The highest BCUT2D eigenvalue weighted by molar-refractivity contribution is 5.55. The highest BCUT2D eigenvalue weighted by Gasteiger charge is 2.55. The fourth-order valence-electron chi connectivity index (χ4n) is 1.31. The molecule has 0 saturated carbocycles. The van der Waals surface area contributed by atoms with Crippen LogP contribution in [0.3, 0.4) is 0 Å². The molecule has 1 aliphatic heterocycles. The lowest BCUT2D eigenvalue weighted by Crippen LogP contribution is -2.53. The van der Waals surface area contributed by atoms with E-state index in [0.717, 1.165) is 0 Å². The van der Waals surface area contributed by atoms with Gasteiger partial charge in [0, 0.05) is 6.54 Å². The maximum absolute atomic E-state index is 13.4. The molecule has 0 bridgehead atoms. The topological polar surface area (TPSA) is 80.8 Å². The Kier molecular flexibility index (Phi) is 3.76. The quantitative estimate of drug-likeness (QED) is 0.571. The fraction of sp³-hybridized carbons (Fsp3) is 0.750. The van der Waals surface area contributed by atoms with E-state index in [4.69, 9.17) is 5.11 Å². The van der Waals surface area contributed by atoms with Crippen LogP contribution in [0.2, 0.25) is 0 Å². The summed E-state index contributed by atoms with van der Waals surface area (Å²) < 4.78 is 26.8. The Balaban J connectivity index is 0.00000169. The van der Waals surface area contributed by atoms with E-state index >= 15 is 0 Å². The molecule has 0 aliphatic carbocycles. The number of hydrogen-bond acceptors (Lipinski definition) is 3. The van der Waals surface area contributed by atoms with Crippen molar-refractivity contribution in [1.82, 2.24) is 5.32 Å². The number of allylic oxidation sites excluding steroid dienone is 1. The van der Waals surface area contributed by atoms with Crippen LogP contribution in [0.5, 0.6) is 0 Å². The Hall–Kier alpha value is -0.970. The molecule has 0 aromatic rings. The zero-order valence-electron chi connectivity index (χ0n) is 7.73. The van der Waals surface area contributed by atoms with Crippen molar-refractivity contribution >= 4 is 5.94 Å². The number of alkyl halides is 2. The highest BCUT2D eigenvalue weighted by Crippen LogP contribution is 2.44. The van der Waals surface area contributed by atoms with Crippen molar-refractivity contribution < 1.29 is 24.2 Å². The largest absolute Gasteiger partial charge is 0.412 e. The lowest BCUT2D eigenvalue weighted by molar-refractivity contribution is -0.122. The molecule has 1 fully saturated rings. The minimum absolute atomic E-state index is 0. The number of aliphatic hydroxyl groups is 1. The molecular weight excluding hydrogens is 196 g/mol. The van der Waals surface area contributed by atoms with E-state index in [9.17, 15) is 13.6 Å². The first-order chi connectivity index (χ1) is 5.98. The van der Waals surface area contributed by atoms with E-state index in [-0.39, 0.29) is 18.4 Å². The van der Waals surface area contributed by atoms with Gasteiger partial charge in [0.15, 0.2) is 11.6 Å². The van der Waals surface area contributed by atoms with E-state index in [1.54, 1.807) is 0 Å². The summed E-state index contributed by atoms with van der Waals surface area (Å²) in [5.41, 5.74) is -2.30. The van der Waals surface area contributed by atoms with Crippen molar-refractivity contribution in [2.24, 2.45) is 5.41 Å². The minimum atomic E-state index is -3.32. The van der Waals surface area contributed by atoms with Crippen LogP contribution in [0.15, 0.2) is 5.70 Å². The first-order valence-corrected chi connectivity index (χ1v) is 3.96. The molecule has 6 heteroatoms. The normalized spacial score (nSPS) is 29.9. The van der Waals surface area contributed by atoms with Gasteiger partial charge >= 0.3 is 5.92 Å². The fourth-order valence-corrected chi connectivity index (χ4v) is 1.31. The molecule has 1 atom stereocenters. The van der Waals surface area contributed by atoms with Gasteiger partial charge in [0.1, 0.15) is 0 Å². The zero-order chi connectivity index (χ0) is 10.1. The summed E-state index contributed by atoms with van der Waals surface area (Å²) in [6, 6.07) is 0. The molecule has 0 amide bonds. The van der Waals surface area contributed by atoms with Crippen molar-refractivity contribution in [2.75, 3.05) is 13.2 Å². The third kappa shape index (κ3) is 1.64. The maximum atomic E-state index is 13.4. The van der Waals surface area contributed by atoms with Crippen molar-refractivity contribution in [3.05, 3.63) is 5.70 Å². The highest BCUT2D eigenvalue weighted by atomic mass is 19.3. The third-order valence-corrected chi connectivity index (χ3v) is 2.50. The van der Waals surface area contributed by atoms with Gasteiger partial charge in [-0.05, 0) is 6.42 Å². The molecule has 1 aliphatic rings. The lowest BCUT2D eigenvalue weighted by atomic mass is 9.77. The average Bonchev–Trinajstić information content (AvgIpc) is 2.10. The Morgan fingerprint density at radius 1 is 1.64 bits per heavy atom. The monoisotopic (exact) mass is 209 g/mol. The summed E-state index contributed by atoms with van der Waals surface area (Å²) in [6.07, 6.45) is 0.127. The van der Waals surface area contributed by atoms with Crippen LogP contribution in [0.25, 0.3) is 0 Å². The van der Waals surface area contributed by atoms with Crippen molar-refractivity contribution in [3.8, 4) is 0 Å². The second-order valence-electron chi connectivity index (χ2n) is 3.45. The molecule has 0 spiro atoms. The van der Waals surface area contributed by atoms with Gasteiger partial charge in [-0.3, -0.25) is 0 Å². The molecule has 0 radical (unpaired) electrons. The molecule has 82 valence electrons. The molecular formula is C8H13F2NO3. The van der Waals surface area contributed by atoms with Gasteiger partial charge in [-0.2, -0.15) is 8.78 Å². The molecule has 1 heterocycles. The summed E-state index contributed by atoms with van der Waals surface area (Å²) >= 11 is 0. The Bertz CT molecular complexity index is 263. The number of carbonyl (C=O) groups excluding carboxylic acids is 1. The number of aliphatic hydroxyl groups excluding tert-OH is 1. The Labute approximate surface area is 79.9 Å². The van der Waals surface area contributed by atoms with E-state index in [0.29, 0.717) is 0 Å². The van der Waals surface area contributed by atoms with Crippen molar-refractivity contribution in [1.29, 1.82) is 0 Å². The molecule has 1 unspecified atom stereocenters. The summed E-state index contributed by atoms with van der Waals surface area (Å²) in [6.45, 7) is 0.870. The summed E-state index contributed by atoms with van der Waals surface area (Å²) in [5.74, 6) is -2.14. The number of nitrogens with one attached hydrogen (secondary N) is 1. The maximum Gasteiger partial charge on any atom is 0.305 e. The second kappa shape index (κ2) is 4.04. The van der Waals surface area contributed by atoms with Crippen LogP contribution >= 0.6 is 0 Å². The number of halogens is 2. The summed E-state index contributed by atoms with van der Waals surface area (Å²) in [7, 11) is 0. The van der Waals surface area contributed by atoms with Gasteiger partial charge < -0.3 is 15.9 Å². The van der Waals surface area contributed by atoms with Crippen molar-refractivity contribution in [2.45, 2.75) is 19.3 Å².